The molecule has 0 N–H and O–H groups in total. The van der Waals surface area contributed by atoms with Gasteiger partial charge < -0.3 is 4.90 Å². The third-order valence-corrected chi connectivity index (χ3v) is 8.02. The molecule has 0 unspecified atom stereocenters. The van der Waals surface area contributed by atoms with Crippen LogP contribution in [-0.2, 0) is 10.0 Å². The van der Waals surface area contributed by atoms with E-state index in [2.05, 4.69) is 15.1 Å². The molecule has 27 heavy (non-hydrogen) atoms. The maximum atomic E-state index is 12.7. The molecule has 9 heteroatoms. The zero-order chi connectivity index (χ0) is 18.9. The molecule has 0 radical (unpaired) electrons. The minimum Gasteiger partial charge on any atom is -0.352 e. The zero-order valence-electron chi connectivity index (χ0n) is 14.3. The van der Waals surface area contributed by atoms with Crippen LogP contribution in [0.3, 0.4) is 0 Å². The van der Waals surface area contributed by atoms with Crippen LogP contribution in [0.5, 0.6) is 0 Å². The number of thiophene rings is 1. The number of piperazine rings is 1. The molecule has 1 aliphatic heterocycles. The molecule has 0 amide bonds. The summed E-state index contributed by atoms with van der Waals surface area (Å²) in [5.74, 6) is 0.755. The van der Waals surface area contributed by atoms with Gasteiger partial charge >= 0.3 is 0 Å². The van der Waals surface area contributed by atoms with Gasteiger partial charge in [0.05, 0.1) is 10.0 Å². The number of anilines is 1. The molecule has 0 bridgehead atoms. The normalized spacial score (nSPS) is 15.8. The van der Waals surface area contributed by atoms with E-state index in [4.69, 9.17) is 11.6 Å². The lowest BCUT2D eigenvalue weighted by molar-refractivity contribution is 0.384. The Morgan fingerprint density at radius 2 is 1.63 bits per heavy atom. The van der Waals surface area contributed by atoms with E-state index in [-0.39, 0.29) is 4.21 Å². The van der Waals surface area contributed by atoms with Crippen LogP contribution in [0.25, 0.3) is 11.3 Å². The summed E-state index contributed by atoms with van der Waals surface area (Å²) < 4.78 is 27.6. The van der Waals surface area contributed by atoms with Crippen LogP contribution < -0.4 is 4.90 Å². The topological polar surface area (TPSA) is 66.4 Å². The number of benzene rings is 1. The van der Waals surface area contributed by atoms with Gasteiger partial charge in [-0.25, -0.2) is 8.42 Å². The monoisotopic (exact) mass is 420 g/mol. The zero-order valence-corrected chi connectivity index (χ0v) is 16.7. The number of sulfonamides is 1. The molecule has 1 aromatic carbocycles. The van der Waals surface area contributed by atoms with E-state index in [0.717, 1.165) is 28.4 Å². The summed E-state index contributed by atoms with van der Waals surface area (Å²) in [6.45, 7) is 1.94. The number of rotatable bonds is 4. The Balaban J connectivity index is 1.43. The maximum Gasteiger partial charge on any atom is 0.252 e. The molecule has 140 valence electrons. The molecule has 0 atom stereocenters. The second-order valence-corrected chi connectivity index (χ2v) is 9.97. The lowest BCUT2D eigenvalue weighted by Gasteiger charge is -2.34. The van der Waals surface area contributed by atoms with E-state index < -0.39 is 10.0 Å². The number of aromatic nitrogens is 2. The molecule has 1 fully saturated rings. The molecule has 1 saturated heterocycles. The molecular formula is C18H17ClN4O2S2. The molecule has 3 heterocycles. The third kappa shape index (κ3) is 3.84. The van der Waals surface area contributed by atoms with Crippen molar-refractivity contribution in [3.63, 3.8) is 0 Å². The highest BCUT2D eigenvalue weighted by Crippen LogP contribution is 2.29. The van der Waals surface area contributed by atoms with Crippen molar-refractivity contribution in [3.05, 3.63) is 58.9 Å². The van der Waals surface area contributed by atoms with Crippen molar-refractivity contribution in [2.75, 3.05) is 31.1 Å². The largest absolute Gasteiger partial charge is 0.352 e. The van der Waals surface area contributed by atoms with Gasteiger partial charge in [-0.2, -0.15) is 4.31 Å². The average molecular weight is 421 g/mol. The smallest absolute Gasteiger partial charge is 0.252 e. The van der Waals surface area contributed by atoms with Gasteiger partial charge in [0.25, 0.3) is 10.0 Å². The predicted octanol–water partition coefficient (Wildman–Crippen LogP) is 3.37. The lowest BCUT2D eigenvalue weighted by atomic mass is 10.1. The number of nitrogens with zero attached hydrogens (tertiary/aromatic N) is 4. The Kier molecular flexibility index (Phi) is 5.14. The fourth-order valence-corrected chi connectivity index (χ4v) is 6.04. The highest BCUT2D eigenvalue weighted by Gasteiger charge is 2.30. The first-order valence-corrected chi connectivity index (χ1v) is 11.1. The highest BCUT2D eigenvalue weighted by molar-refractivity contribution is 7.91. The molecule has 4 rings (SSSR count). The van der Waals surface area contributed by atoms with Gasteiger partial charge in [-0.1, -0.05) is 41.9 Å². The van der Waals surface area contributed by atoms with Crippen LogP contribution in [0, 0.1) is 0 Å². The number of hydrogen-bond donors (Lipinski definition) is 0. The molecule has 6 nitrogen and oxygen atoms in total. The molecule has 3 aromatic rings. The summed E-state index contributed by atoms with van der Waals surface area (Å²) in [6, 6.07) is 16.9. The lowest BCUT2D eigenvalue weighted by Crippen LogP contribution is -2.48. The second kappa shape index (κ2) is 7.55. The Morgan fingerprint density at radius 3 is 2.22 bits per heavy atom. The van der Waals surface area contributed by atoms with Crippen molar-refractivity contribution >= 4 is 38.8 Å². The quantitative estimate of drug-likeness (QED) is 0.647. The molecule has 1 aliphatic rings. The Morgan fingerprint density at radius 1 is 0.889 bits per heavy atom. The molecular weight excluding hydrogens is 404 g/mol. The Bertz CT molecular complexity index is 1020. The predicted molar refractivity (Wildman–Crippen MR) is 108 cm³/mol. The van der Waals surface area contributed by atoms with E-state index in [0.29, 0.717) is 30.5 Å². The van der Waals surface area contributed by atoms with Crippen LogP contribution >= 0.6 is 22.9 Å². The van der Waals surface area contributed by atoms with E-state index in [1.165, 1.54) is 4.31 Å². The van der Waals surface area contributed by atoms with Crippen LogP contribution in [0.2, 0.25) is 4.34 Å². The molecule has 0 aliphatic carbocycles. The Labute approximate surface area is 167 Å². The highest BCUT2D eigenvalue weighted by atomic mass is 35.5. The van der Waals surface area contributed by atoms with Gasteiger partial charge in [0.1, 0.15) is 4.21 Å². The fourth-order valence-electron chi connectivity index (χ4n) is 2.98. The standard InChI is InChI=1S/C18H17ClN4O2S2/c19-16-7-9-18(26-16)27(24,25)23-12-10-22(11-13-23)17-8-6-15(20-21-17)14-4-2-1-3-5-14/h1-9H,10-13H2. The van der Waals surface area contributed by atoms with Gasteiger partial charge in [0, 0.05) is 31.7 Å². The first-order valence-electron chi connectivity index (χ1n) is 8.44. The van der Waals surface area contributed by atoms with Crippen molar-refractivity contribution in [2.45, 2.75) is 4.21 Å². The van der Waals surface area contributed by atoms with E-state index in [1.807, 2.05) is 42.5 Å². The van der Waals surface area contributed by atoms with Crippen LogP contribution in [0.1, 0.15) is 0 Å². The number of halogens is 1. The average Bonchev–Trinajstić information content (AvgIpc) is 3.16. The summed E-state index contributed by atoms with van der Waals surface area (Å²) in [5.41, 5.74) is 1.83. The minimum atomic E-state index is -3.48. The summed E-state index contributed by atoms with van der Waals surface area (Å²) >= 11 is 6.96. The van der Waals surface area contributed by atoms with Crippen LogP contribution in [0.15, 0.2) is 58.8 Å². The van der Waals surface area contributed by atoms with Crippen molar-refractivity contribution in [1.82, 2.24) is 14.5 Å². The molecule has 0 saturated carbocycles. The van der Waals surface area contributed by atoms with E-state index in [1.54, 1.807) is 12.1 Å². The second-order valence-electron chi connectivity index (χ2n) is 6.09. The van der Waals surface area contributed by atoms with Gasteiger partial charge in [-0.3, -0.25) is 0 Å². The van der Waals surface area contributed by atoms with Gasteiger partial charge in [0.15, 0.2) is 5.82 Å². The SMILES string of the molecule is O=S(=O)(c1ccc(Cl)s1)N1CCN(c2ccc(-c3ccccc3)nn2)CC1. The van der Waals surface area contributed by atoms with Gasteiger partial charge in [-0.05, 0) is 24.3 Å². The maximum absolute atomic E-state index is 12.7. The van der Waals surface area contributed by atoms with E-state index in [9.17, 15) is 8.42 Å². The van der Waals surface area contributed by atoms with Crippen LogP contribution in [-0.4, -0.2) is 49.1 Å². The van der Waals surface area contributed by atoms with Crippen molar-refractivity contribution in [3.8, 4) is 11.3 Å². The molecule has 0 spiro atoms. The summed E-state index contributed by atoms with van der Waals surface area (Å²) in [5, 5.41) is 8.63. The van der Waals surface area contributed by atoms with Crippen LogP contribution in [0.4, 0.5) is 5.82 Å². The van der Waals surface area contributed by atoms with Gasteiger partial charge in [-0.15, -0.1) is 21.5 Å². The van der Waals surface area contributed by atoms with Crippen molar-refractivity contribution in [1.29, 1.82) is 0 Å². The third-order valence-electron chi connectivity index (χ3n) is 4.43. The molecule has 2 aromatic heterocycles. The van der Waals surface area contributed by atoms with E-state index >= 15 is 0 Å². The Hall–Kier alpha value is -2.00. The van der Waals surface area contributed by atoms with Gasteiger partial charge in [0.2, 0.25) is 0 Å². The first-order chi connectivity index (χ1) is 13.0. The minimum absolute atomic E-state index is 0.285. The summed E-state index contributed by atoms with van der Waals surface area (Å²) in [6.07, 6.45) is 0. The van der Waals surface area contributed by atoms with Crippen molar-refractivity contribution < 1.29 is 8.42 Å². The summed E-state index contributed by atoms with van der Waals surface area (Å²) in [4.78, 5) is 2.05. The first kappa shape index (κ1) is 18.4. The van der Waals surface area contributed by atoms with Crippen molar-refractivity contribution in [2.24, 2.45) is 0 Å². The summed E-state index contributed by atoms with van der Waals surface area (Å²) in [7, 11) is -3.48. The fraction of sp³-hybridized carbons (Fsp3) is 0.222. The number of hydrogen-bond acceptors (Lipinski definition) is 6.